The van der Waals surface area contributed by atoms with Crippen molar-refractivity contribution in [3.05, 3.63) is 71.9 Å². The van der Waals surface area contributed by atoms with Gasteiger partial charge < -0.3 is 15.1 Å². The minimum atomic E-state index is -0.0198. The molecule has 3 aromatic rings. The van der Waals surface area contributed by atoms with Gasteiger partial charge in [-0.1, -0.05) is 29.8 Å². The van der Waals surface area contributed by atoms with Crippen molar-refractivity contribution in [1.82, 2.24) is 19.8 Å². The molecular weight excluding hydrogens is 402 g/mol. The topological polar surface area (TPSA) is 78.4 Å². The van der Waals surface area contributed by atoms with Crippen LogP contribution in [0.2, 0.25) is 0 Å². The first kappa shape index (κ1) is 21.5. The number of aromatic nitrogens is 2. The largest absolute Gasteiger partial charge is 0.341 e. The molecule has 2 aromatic carbocycles. The summed E-state index contributed by atoms with van der Waals surface area (Å²) < 4.78 is 0. The summed E-state index contributed by atoms with van der Waals surface area (Å²) in [6.45, 7) is 4.82. The summed E-state index contributed by atoms with van der Waals surface area (Å²) in [5.41, 5.74) is 4.50. The molecule has 7 heteroatoms. The van der Waals surface area contributed by atoms with Crippen molar-refractivity contribution in [3.8, 4) is 11.3 Å². The minimum absolute atomic E-state index is 0.0198. The van der Waals surface area contributed by atoms with E-state index in [1.807, 2.05) is 30.3 Å². The summed E-state index contributed by atoms with van der Waals surface area (Å²) in [5, 5.41) is 3.20. The number of rotatable bonds is 5. The zero-order valence-corrected chi connectivity index (χ0v) is 18.6. The van der Waals surface area contributed by atoms with Crippen LogP contribution in [0.25, 0.3) is 11.3 Å². The Kier molecular flexibility index (Phi) is 6.16. The first-order chi connectivity index (χ1) is 15.4. The Morgan fingerprint density at radius 2 is 1.78 bits per heavy atom. The molecule has 1 unspecified atom stereocenters. The molecule has 1 atom stereocenters. The fourth-order valence-electron chi connectivity index (χ4n) is 3.81. The van der Waals surface area contributed by atoms with Crippen LogP contribution in [0.5, 0.6) is 0 Å². The lowest BCUT2D eigenvalue weighted by molar-refractivity contribution is -0.129. The molecule has 1 N–H and O–H groups in total. The molecule has 0 saturated carbocycles. The number of hydrogen-bond donors (Lipinski definition) is 1. The van der Waals surface area contributed by atoms with Crippen LogP contribution in [0.1, 0.15) is 29.3 Å². The average Bonchev–Trinajstić information content (AvgIpc) is 3.29. The molecule has 0 bridgehead atoms. The molecular formula is C25H27N5O2. The Balaban J connectivity index is 1.41. The molecule has 4 rings (SSSR count). The number of likely N-dealkylation sites (N-methyl/N-ethyl adjacent to an activating group) is 1. The smallest absolute Gasteiger partial charge is 0.253 e. The van der Waals surface area contributed by atoms with Crippen LogP contribution in [0, 0.1) is 6.92 Å². The number of benzene rings is 2. The second-order valence-corrected chi connectivity index (χ2v) is 8.16. The number of aryl methyl sites for hydroxylation is 1. The summed E-state index contributed by atoms with van der Waals surface area (Å²) in [7, 11) is 1.79. The SMILES string of the molecule is CC(=O)N(C)C1CCN(C(=O)c2ccc(Nc3nccc(-c4ccc(C)cc4)n3)cc2)C1. The predicted molar refractivity (Wildman–Crippen MR) is 125 cm³/mol. The van der Waals surface area contributed by atoms with Gasteiger partial charge in [-0.3, -0.25) is 9.59 Å². The molecule has 0 radical (unpaired) electrons. The number of nitrogens with zero attached hydrogens (tertiary/aromatic N) is 4. The summed E-state index contributed by atoms with van der Waals surface area (Å²) in [5.74, 6) is 0.499. The second-order valence-electron chi connectivity index (χ2n) is 8.16. The lowest BCUT2D eigenvalue weighted by Gasteiger charge is -2.23. The van der Waals surface area contributed by atoms with Gasteiger partial charge in [-0.15, -0.1) is 0 Å². The zero-order chi connectivity index (χ0) is 22.7. The van der Waals surface area contributed by atoms with Crippen LogP contribution >= 0.6 is 0 Å². The van der Waals surface area contributed by atoms with E-state index in [4.69, 9.17) is 0 Å². The van der Waals surface area contributed by atoms with Crippen molar-refractivity contribution in [2.75, 3.05) is 25.5 Å². The van der Waals surface area contributed by atoms with E-state index in [0.29, 0.717) is 24.6 Å². The molecule has 1 fully saturated rings. The lowest BCUT2D eigenvalue weighted by atomic mass is 10.1. The fraction of sp³-hybridized carbons (Fsp3) is 0.280. The Hall–Kier alpha value is -3.74. The van der Waals surface area contributed by atoms with E-state index < -0.39 is 0 Å². The van der Waals surface area contributed by atoms with Crippen LogP contribution in [0.3, 0.4) is 0 Å². The molecule has 1 aliphatic heterocycles. The first-order valence-electron chi connectivity index (χ1n) is 10.7. The van der Waals surface area contributed by atoms with Crippen LogP contribution in [-0.4, -0.2) is 57.8 Å². The van der Waals surface area contributed by atoms with Gasteiger partial charge in [0, 0.05) is 50.1 Å². The molecule has 164 valence electrons. The number of likely N-dealkylation sites (tertiary alicyclic amines) is 1. The Morgan fingerprint density at radius 3 is 2.47 bits per heavy atom. The zero-order valence-electron chi connectivity index (χ0n) is 18.6. The van der Waals surface area contributed by atoms with Crippen LogP contribution in [-0.2, 0) is 4.79 Å². The number of hydrogen-bond acceptors (Lipinski definition) is 5. The maximum Gasteiger partial charge on any atom is 0.253 e. The maximum absolute atomic E-state index is 12.9. The van der Waals surface area contributed by atoms with Crippen LogP contribution in [0.15, 0.2) is 60.8 Å². The highest BCUT2D eigenvalue weighted by molar-refractivity contribution is 5.95. The maximum atomic E-state index is 12.9. The third-order valence-corrected chi connectivity index (χ3v) is 5.89. The van der Waals surface area contributed by atoms with Gasteiger partial charge in [0.2, 0.25) is 11.9 Å². The first-order valence-corrected chi connectivity index (χ1v) is 10.7. The third-order valence-electron chi connectivity index (χ3n) is 5.89. The highest BCUT2D eigenvalue weighted by Gasteiger charge is 2.30. The van der Waals surface area contributed by atoms with Crippen molar-refractivity contribution in [3.63, 3.8) is 0 Å². The molecule has 0 aliphatic carbocycles. The molecule has 2 heterocycles. The van der Waals surface area contributed by atoms with Crippen molar-refractivity contribution < 1.29 is 9.59 Å². The van der Waals surface area contributed by atoms with Crippen molar-refractivity contribution >= 4 is 23.5 Å². The van der Waals surface area contributed by atoms with Crippen molar-refractivity contribution in [2.45, 2.75) is 26.3 Å². The number of amides is 2. The molecule has 1 saturated heterocycles. The Bertz CT molecular complexity index is 1110. The number of nitrogens with one attached hydrogen (secondary N) is 1. The van der Waals surface area contributed by atoms with E-state index in [1.165, 1.54) is 5.56 Å². The number of carbonyl (C=O) groups is 2. The van der Waals surface area contributed by atoms with Gasteiger partial charge >= 0.3 is 0 Å². The number of anilines is 2. The molecule has 7 nitrogen and oxygen atoms in total. The van der Waals surface area contributed by atoms with Gasteiger partial charge in [0.1, 0.15) is 0 Å². The third kappa shape index (κ3) is 4.77. The normalized spacial score (nSPS) is 15.5. The van der Waals surface area contributed by atoms with Crippen molar-refractivity contribution in [2.24, 2.45) is 0 Å². The molecule has 32 heavy (non-hydrogen) atoms. The highest BCUT2D eigenvalue weighted by atomic mass is 16.2. The standard InChI is InChI=1S/C25H27N5O2/c1-17-4-6-19(7-5-17)23-12-14-26-25(28-23)27-21-10-8-20(9-11-21)24(32)30-15-13-22(16-30)29(3)18(2)31/h4-12,14,22H,13,15-16H2,1-3H3,(H,26,27,28). The van der Waals surface area contributed by atoms with Crippen molar-refractivity contribution in [1.29, 1.82) is 0 Å². The lowest BCUT2D eigenvalue weighted by Crippen LogP contribution is -2.38. The van der Waals surface area contributed by atoms with E-state index in [0.717, 1.165) is 23.4 Å². The monoisotopic (exact) mass is 429 g/mol. The van der Waals surface area contributed by atoms with Crippen LogP contribution < -0.4 is 5.32 Å². The summed E-state index contributed by atoms with van der Waals surface area (Å²) in [6, 6.07) is 17.5. The molecule has 1 aromatic heterocycles. The van der Waals surface area contributed by atoms with Crippen LogP contribution in [0.4, 0.5) is 11.6 Å². The summed E-state index contributed by atoms with van der Waals surface area (Å²) >= 11 is 0. The Morgan fingerprint density at radius 1 is 1.06 bits per heavy atom. The van der Waals surface area contributed by atoms with Gasteiger partial charge in [-0.2, -0.15) is 0 Å². The quantitative estimate of drug-likeness (QED) is 0.666. The van der Waals surface area contributed by atoms with E-state index in [9.17, 15) is 9.59 Å². The van der Waals surface area contributed by atoms with Gasteiger partial charge in [0.05, 0.1) is 11.7 Å². The summed E-state index contributed by atoms with van der Waals surface area (Å²) in [6.07, 6.45) is 2.53. The van der Waals surface area contributed by atoms with Gasteiger partial charge in [0.15, 0.2) is 0 Å². The fourth-order valence-corrected chi connectivity index (χ4v) is 3.81. The second kappa shape index (κ2) is 9.18. The predicted octanol–water partition coefficient (Wildman–Crippen LogP) is 3.89. The highest BCUT2D eigenvalue weighted by Crippen LogP contribution is 2.22. The van der Waals surface area contributed by atoms with Gasteiger partial charge in [-0.05, 0) is 43.7 Å². The van der Waals surface area contributed by atoms with E-state index in [2.05, 4.69) is 34.3 Å². The summed E-state index contributed by atoms with van der Waals surface area (Å²) in [4.78, 5) is 36.9. The van der Waals surface area contributed by atoms with Gasteiger partial charge in [-0.25, -0.2) is 9.97 Å². The molecule has 0 spiro atoms. The molecule has 2 amide bonds. The van der Waals surface area contributed by atoms with Gasteiger partial charge in [0.25, 0.3) is 5.91 Å². The van der Waals surface area contributed by atoms with E-state index in [-0.39, 0.29) is 17.9 Å². The average molecular weight is 430 g/mol. The Labute approximate surface area is 188 Å². The minimum Gasteiger partial charge on any atom is -0.341 e. The van der Waals surface area contributed by atoms with E-state index >= 15 is 0 Å². The number of carbonyl (C=O) groups excluding carboxylic acids is 2. The molecule has 1 aliphatic rings. The van der Waals surface area contributed by atoms with E-state index in [1.54, 1.807) is 42.1 Å².